The highest BCUT2D eigenvalue weighted by Crippen LogP contribution is 2.18. The Balaban J connectivity index is 1.60. The number of piperazine rings is 1. The van der Waals surface area contributed by atoms with Crippen LogP contribution in [0, 0.1) is 6.92 Å². The molecule has 8 heteroatoms. The topological polar surface area (TPSA) is 78.9 Å². The second-order valence-corrected chi connectivity index (χ2v) is 9.43. The lowest BCUT2D eigenvalue weighted by Gasteiger charge is -2.32. The zero-order valence-corrected chi connectivity index (χ0v) is 18.5. The largest absolute Gasteiger partial charge is 0.465 e. The molecule has 1 aliphatic rings. The predicted molar refractivity (Wildman–Crippen MR) is 116 cm³/mol. The molecule has 0 aliphatic carbocycles. The van der Waals surface area contributed by atoms with Gasteiger partial charge in [-0.05, 0) is 48.9 Å². The Morgan fingerprint density at radius 3 is 2.27 bits per heavy atom. The number of carbonyl (C=O) groups is 1. The molecule has 0 aromatic heterocycles. The normalized spacial score (nSPS) is 15.8. The first kappa shape index (κ1) is 22.4. The third-order valence-corrected chi connectivity index (χ3v) is 6.94. The molecule has 1 saturated heterocycles. The number of rotatable bonds is 7. The van der Waals surface area contributed by atoms with Crippen molar-refractivity contribution in [2.24, 2.45) is 0 Å². The van der Waals surface area contributed by atoms with Crippen molar-refractivity contribution in [3.05, 3.63) is 64.7 Å². The van der Waals surface area contributed by atoms with Gasteiger partial charge in [0.05, 0.1) is 17.6 Å². The average Bonchev–Trinajstić information content (AvgIpc) is 2.74. The molecule has 3 rings (SSSR count). The highest BCUT2D eigenvalue weighted by molar-refractivity contribution is 7.89. The Kier molecular flexibility index (Phi) is 7.25. The van der Waals surface area contributed by atoms with Crippen LogP contribution in [0.5, 0.6) is 0 Å². The number of methoxy groups -OCH3 is 1. The van der Waals surface area contributed by atoms with Crippen molar-refractivity contribution in [1.29, 1.82) is 0 Å². The molecule has 1 heterocycles. The number of aryl methyl sites for hydroxylation is 1. The number of ether oxygens (including phenoxy) is 1. The summed E-state index contributed by atoms with van der Waals surface area (Å²) in [6.07, 6.45) is 0. The van der Waals surface area contributed by atoms with Crippen molar-refractivity contribution in [2.45, 2.75) is 24.9 Å². The van der Waals surface area contributed by atoms with Gasteiger partial charge >= 0.3 is 5.97 Å². The first-order valence-corrected chi connectivity index (χ1v) is 11.4. The molecule has 0 spiro atoms. The molecule has 7 nitrogen and oxygen atoms in total. The molecule has 2 aromatic rings. The smallest absolute Gasteiger partial charge is 0.337 e. The summed E-state index contributed by atoms with van der Waals surface area (Å²) in [5.41, 5.74) is 2.93. The van der Waals surface area contributed by atoms with Crippen LogP contribution in [-0.4, -0.2) is 64.5 Å². The number of sulfonamides is 1. The number of carbonyl (C=O) groups excluding carboxylic acids is 1. The van der Waals surface area contributed by atoms with E-state index in [4.69, 9.17) is 0 Å². The fourth-order valence-electron chi connectivity index (χ4n) is 3.48. The lowest BCUT2D eigenvalue weighted by atomic mass is 10.1. The van der Waals surface area contributed by atoms with Crippen molar-refractivity contribution >= 4 is 16.0 Å². The molecule has 1 fully saturated rings. The molecule has 0 bridgehead atoms. The molecular formula is C22H29N3O4S. The van der Waals surface area contributed by atoms with Gasteiger partial charge in [0, 0.05) is 39.3 Å². The predicted octanol–water partition coefficient (Wildman–Crippen LogP) is 2.01. The van der Waals surface area contributed by atoms with Crippen molar-refractivity contribution in [1.82, 2.24) is 14.5 Å². The van der Waals surface area contributed by atoms with Crippen LogP contribution >= 0.6 is 0 Å². The van der Waals surface area contributed by atoms with Crippen LogP contribution < -0.4 is 4.72 Å². The number of nitrogens with one attached hydrogen (secondary N) is 1. The molecule has 162 valence electrons. The Labute approximate surface area is 178 Å². The summed E-state index contributed by atoms with van der Waals surface area (Å²) in [6, 6.07) is 12.4. The van der Waals surface area contributed by atoms with Gasteiger partial charge in [-0.2, -0.15) is 0 Å². The second kappa shape index (κ2) is 9.70. The molecule has 1 N–H and O–H groups in total. The molecule has 0 amide bonds. The SMILES string of the molecule is COC(=O)c1ccc(S(=O)(=O)NCc2ccc(CN3CCN(C)CC3)cc2)c(C)c1. The van der Waals surface area contributed by atoms with Crippen molar-refractivity contribution in [3.8, 4) is 0 Å². The fraction of sp³-hybridized carbons (Fsp3) is 0.409. The number of hydrogen-bond donors (Lipinski definition) is 1. The van der Waals surface area contributed by atoms with Gasteiger partial charge in [0.15, 0.2) is 0 Å². The second-order valence-electron chi connectivity index (χ2n) is 7.69. The van der Waals surface area contributed by atoms with E-state index in [2.05, 4.69) is 38.4 Å². The molecule has 0 saturated carbocycles. The number of esters is 1. The molecule has 30 heavy (non-hydrogen) atoms. The van der Waals surface area contributed by atoms with Crippen LogP contribution in [-0.2, 0) is 27.8 Å². The van der Waals surface area contributed by atoms with E-state index in [9.17, 15) is 13.2 Å². The van der Waals surface area contributed by atoms with Gasteiger partial charge in [-0.1, -0.05) is 24.3 Å². The van der Waals surface area contributed by atoms with E-state index in [1.807, 2.05) is 12.1 Å². The minimum atomic E-state index is -3.69. The highest BCUT2D eigenvalue weighted by atomic mass is 32.2. The maximum atomic E-state index is 12.7. The molecule has 0 radical (unpaired) electrons. The Bertz CT molecular complexity index is 982. The summed E-state index contributed by atoms with van der Waals surface area (Å²) in [5, 5.41) is 0. The van der Waals surface area contributed by atoms with Crippen LogP contribution in [0.4, 0.5) is 0 Å². The van der Waals surface area contributed by atoms with Crippen molar-refractivity contribution < 1.29 is 17.9 Å². The van der Waals surface area contributed by atoms with Crippen LogP contribution in [0.3, 0.4) is 0 Å². The summed E-state index contributed by atoms with van der Waals surface area (Å²) < 4.78 is 32.7. The summed E-state index contributed by atoms with van der Waals surface area (Å²) in [5.74, 6) is -0.494. The van der Waals surface area contributed by atoms with E-state index in [0.29, 0.717) is 11.1 Å². The number of nitrogens with zero attached hydrogens (tertiary/aromatic N) is 2. The quantitative estimate of drug-likeness (QED) is 0.676. The van der Waals surface area contributed by atoms with Crippen LogP contribution in [0.1, 0.15) is 27.0 Å². The van der Waals surface area contributed by atoms with E-state index in [1.165, 1.54) is 30.9 Å². The maximum Gasteiger partial charge on any atom is 0.337 e. The first-order chi connectivity index (χ1) is 14.3. The van der Waals surface area contributed by atoms with E-state index >= 15 is 0 Å². The molecular weight excluding hydrogens is 402 g/mol. The van der Waals surface area contributed by atoms with Crippen LogP contribution in [0.25, 0.3) is 0 Å². The van der Waals surface area contributed by atoms with Gasteiger partial charge in [0.2, 0.25) is 10.0 Å². The lowest BCUT2D eigenvalue weighted by Crippen LogP contribution is -2.43. The zero-order valence-electron chi connectivity index (χ0n) is 17.7. The van der Waals surface area contributed by atoms with Gasteiger partial charge in [-0.15, -0.1) is 0 Å². The van der Waals surface area contributed by atoms with Gasteiger partial charge in [-0.25, -0.2) is 17.9 Å². The Morgan fingerprint density at radius 1 is 1.03 bits per heavy atom. The minimum absolute atomic E-state index is 0.154. The molecule has 2 aromatic carbocycles. The van der Waals surface area contributed by atoms with Crippen molar-refractivity contribution in [3.63, 3.8) is 0 Å². The van der Waals surface area contributed by atoms with Gasteiger partial charge in [0.25, 0.3) is 0 Å². The van der Waals surface area contributed by atoms with Gasteiger partial charge in [0.1, 0.15) is 0 Å². The molecule has 0 unspecified atom stereocenters. The number of likely N-dealkylation sites (N-methyl/N-ethyl adjacent to an activating group) is 1. The third kappa shape index (κ3) is 5.66. The van der Waals surface area contributed by atoms with Gasteiger partial charge in [-0.3, -0.25) is 4.90 Å². The molecule has 0 atom stereocenters. The van der Waals surface area contributed by atoms with Crippen molar-refractivity contribution in [2.75, 3.05) is 40.3 Å². The monoisotopic (exact) mass is 431 g/mol. The average molecular weight is 432 g/mol. The maximum absolute atomic E-state index is 12.7. The number of benzene rings is 2. The lowest BCUT2D eigenvalue weighted by molar-refractivity contribution is 0.0600. The number of hydrogen-bond acceptors (Lipinski definition) is 6. The summed E-state index contributed by atoms with van der Waals surface area (Å²) in [6.45, 7) is 7.06. The van der Waals surface area contributed by atoms with E-state index in [0.717, 1.165) is 38.3 Å². The van der Waals surface area contributed by atoms with Gasteiger partial charge < -0.3 is 9.64 Å². The zero-order chi connectivity index (χ0) is 21.7. The van der Waals surface area contributed by atoms with E-state index in [-0.39, 0.29) is 11.4 Å². The van der Waals surface area contributed by atoms with E-state index in [1.54, 1.807) is 6.92 Å². The third-order valence-electron chi connectivity index (χ3n) is 5.38. The first-order valence-electron chi connectivity index (χ1n) is 9.96. The van der Waals surface area contributed by atoms with Crippen LogP contribution in [0.15, 0.2) is 47.4 Å². The minimum Gasteiger partial charge on any atom is -0.465 e. The van der Waals surface area contributed by atoms with Crippen LogP contribution in [0.2, 0.25) is 0 Å². The molecule has 1 aliphatic heterocycles. The standard InChI is InChI=1S/C22H29N3O4S/c1-17-14-20(22(26)29-3)8-9-21(17)30(27,28)23-15-18-4-6-19(7-5-18)16-25-12-10-24(2)11-13-25/h4-9,14,23H,10-13,15-16H2,1-3H3. The van der Waals surface area contributed by atoms with E-state index < -0.39 is 16.0 Å². The highest BCUT2D eigenvalue weighted by Gasteiger charge is 2.18. The Hall–Kier alpha value is -2.26. The Morgan fingerprint density at radius 2 is 1.67 bits per heavy atom. The summed E-state index contributed by atoms with van der Waals surface area (Å²) >= 11 is 0. The fourth-order valence-corrected chi connectivity index (χ4v) is 4.72. The summed E-state index contributed by atoms with van der Waals surface area (Å²) in [4.78, 5) is 16.5. The summed E-state index contributed by atoms with van der Waals surface area (Å²) in [7, 11) is -0.258.